The van der Waals surface area contributed by atoms with Crippen LogP contribution in [0.4, 0.5) is 18.9 Å². The third-order valence-corrected chi connectivity index (χ3v) is 3.59. The van der Waals surface area contributed by atoms with Crippen molar-refractivity contribution in [3.8, 4) is 5.75 Å². The summed E-state index contributed by atoms with van der Waals surface area (Å²) in [6.07, 6.45) is -4.73. The number of hydrogen-bond acceptors (Lipinski definition) is 4. The Bertz CT molecular complexity index is 687. The van der Waals surface area contributed by atoms with E-state index in [1.807, 2.05) is 6.07 Å². The van der Waals surface area contributed by atoms with Gasteiger partial charge in [0.15, 0.2) is 5.75 Å². The number of anilines is 1. The molecule has 0 spiro atoms. The fourth-order valence-electron chi connectivity index (χ4n) is 2.70. The average Bonchev–Trinajstić information content (AvgIpc) is 2.47. The number of para-hydroxylation sites is 1. The summed E-state index contributed by atoms with van der Waals surface area (Å²) >= 11 is 0. The van der Waals surface area contributed by atoms with Gasteiger partial charge in [0.05, 0.1) is 0 Å². The van der Waals surface area contributed by atoms with Crippen molar-refractivity contribution in [2.45, 2.75) is 13.3 Å². The molecule has 1 N–H and O–H groups in total. The third kappa shape index (κ3) is 3.97. The molecule has 0 aliphatic carbocycles. The number of pyridine rings is 1. The number of piperazine rings is 1. The molecule has 3 rings (SSSR count). The zero-order valence-electron chi connectivity index (χ0n) is 12.5. The number of aryl methyl sites for hydroxylation is 1. The molecule has 1 aliphatic heterocycles. The Morgan fingerprint density at radius 1 is 1.22 bits per heavy atom. The zero-order valence-corrected chi connectivity index (χ0v) is 13.3. The van der Waals surface area contributed by atoms with Crippen LogP contribution in [-0.2, 0) is 0 Å². The van der Waals surface area contributed by atoms with Gasteiger partial charge >= 0.3 is 6.36 Å². The summed E-state index contributed by atoms with van der Waals surface area (Å²) in [4.78, 5) is 6.41. The highest BCUT2D eigenvalue weighted by Gasteiger charge is 2.32. The van der Waals surface area contributed by atoms with Gasteiger partial charge in [-0.2, -0.15) is 0 Å². The van der Waals surface area contributed by atoms with Crippen molar-refractivity contribution in [2.24, 2.45) is 0 Å². The summed E-state index contributed by atoms with van der Waals surface area (Å²) in [5.41, 5.74) is 1.81. The van der Waals surface area contributed by atoms with Crippen LogP contribution in [0, 0.1) is 6.92 Å². The molecule has 1 aliphatic rings. The first-order valence-corrected chi connectivity index (χ1v) is 7.06. The van der Waals surface area contributed by atoms with Crippen molar-refractivity contribution in [2.75, 3.05) is 31.1 Å². The van der Waals surface area contributed by atoms with Crippen molar-refractivity contribution in [3.63, 3.8) is 0 Å². The lowest BCUT2D eigenvalue weighted by molar-refractivity contribution is -0.274. The predicted octanol–water partition coefficient (Wildman–Crippen LogP) is 3.27. The first-order chi connectivity index (χ1) is 10.4. The van der Waals surface area contributed by atoms with Crippen molar-refractivity contribution in [1.29, 1.82) is 0 Å². The molecule has 4 nitrogen and oxygen atoms in total. The number of aromatic nitrogens is 1. The van der Waals surface area contributed by atoms with Crippen LogP contribution in [0.25, 0.3) is 10.9 Å². The fraction of sp³-hybridized carbons (Fsp3) is 0.400. The highest BCUT2D eigenvalue weighted by molar-refractivity contribution is 5.95. The van der Waals surface area contributed by atoms with E-state index in [9.17, 15) is 13.2 Å². The maximum Gasteiger partial charge on any atom is 0.573 e. The van der Waals surface area contributed by atoms with Gasteiger partial charge in [0, 0.05) is 42.9 Å². The smallest absolute Gasteiger partial charge is 0.403 e. The van der Waals surface area contributed by atoms with Crippen LogP contribution in [0.3, 0.4) is 0 Å². The molecular weight excluding hydrogens is 331 g/mol. The van der Waals surface area contributed by atoms with Gasteiger partial charge in [-0.05, 0) is 19.1 Å². The molecule has 126 valence electrons. The molecule has 1 aromatic heterocycles. The van der Waals surface area contributed by atoms with Crippen molar-refractivity contribution < 1.29 is 17.9 Å². The van der Waals surface area contributed by atoms with Crippen LogP contribution < -0.4 is 15.0 Å². The second-order valence-corrected chi connectivity index (χ2v) is 5.22. The predicted molar refractivity (Wildman–Crippen MR) is 85.5 cm³/mol. The van der Waals surface area contributed by atoms with E-state index >= 15 is 0 Å². The summed E-state index contributed by atoms with van der Waals surface area (Å²) in [6, 6.07) is 6.54. The quantitative estimate of drug-likeness (QED) is 0.904. The summed E-state index contributed by atoms with van der Waals surface area (Å²) in [6.45, 7) is 5.09. The minimum atomic E-state index is -4.73. The second kappa shape index (κ2) is 6.80. The molecule has 1 aromatic carbocycles. The number of fused-ring (bicyclic) bond motifs is 1. The highest BCUT2D eigenvalue weighted by atomic mass is 35.5. The van der Waals surface area contributed by atoms with Crippen molar-refractivity contribution in [3.05, 3.63) is 30.0 Å². The van der Waals surface area contributed by atoms with Gasteiger partial charge in [-0.1, -0.05) is 12.1 Å². The van der Waals surface area contributed by atoms with Crippen LogP contribution in [0.2, 0.25) is 0 Å². The van der Waals surface area contributed by atoms with E-state index in [0.29, 0.717) is 11.1 Å². The Morgan fingerprint density at radius 2 is 1.91 bits per heavy atom. The molecular formula is C15H17ClF3N3O. The molecule has 0 atom stereocenters. The van der Waals surface area contributed by atoms with Crippen LogP contribution in [-0.4, -0.2) is 37.5 Å². The van der Waals surface area contributed by atoms with E-state index in [-0.39, 0.29) is 23.7 Å². The van der Waals surface area contributed by atoms with Gasteiger partial charge in [0.25, 0.3) is 0 Å². The molecule has 0 radical (unpaired) electrons. The average molecular weight is 348 g/mol. The molecule has 1 saturated heterocycles. The normalized spacial score (nSPS) is 15.4. The first-order valence-electron chi connectivity index (χ1n) is 7.06. The Labute approximate surface area is 138 Å². The standard InChI is InChI=1S/C15H16F3N3O.ClH/c1-10-9-12(21-7-5-19-6-8-21)11-3-2-4-13(14(11)20-10)22-15(16,17)18;/h2-4,9,19H,5-8H2,1H3;1H. The van der Waals surface area contributed by atoms with Gasteiger partial charge < -0.3 is 15.0 Å². The Hall–Kier alpha value is -1.73. The number of rotatable bonds is 2. The lowest BCUT2D eigenvalue weighted by Gasteiger charge is -2.30. The van der Waals surface area contributed by atoms with Crippen LogP contribution in [0.5, 0.6) is 5.75 Å². The number of alkyl halides is 3. The molecule has 23 heavy (non-hydrogen) atoms. The lowest BCUT2D eigenvalue weighted by Crippen LogP contribution is -2.43. The van der Waals surface area contributed by atoms with E-state index < -0.39 is 6.36 Å². The van der Waals surface area contributed by atoms with Crippen LogP contribution >= 0.6 is 12.4 Å². The summed E-state index contributed by atoms with van der Waals surface area (Å²) in [7, 11) is 0. The first kappa shape index (κ1) is 17.6. The lowest BCUT2D eigenvalue weighted by atomic mass is 10.1. The number of nitrogens with zero attached hydrogens (tertiary/aromatic N) is 2. The molecule has 8 heteroatoms. The van der Waals surface area contributed by atoms with E-state index in [1.54, 1.807) is 19.1 Å². The third-order valence-electron chi connectivity index (χ3n) is 3.59. The Morgan fingerprint density at radius 3 is 2.57 bits per heavy atom. The summed E-state index contributed by atoms with van der Waals surface area (Å²) < 4.78 is 41.8. The minimum absolute atomic E-state index is 0. The molecule has 0 amide bonds. The Kier molecular flexibility index (Phi) is 5.21. The molecule has 0 unspecified atom stereocenters. The zero-order chi connectivity index (χ0) is 15.7. The van der Waals surface area contributed by atoms with E-state index in [2.05, 4.69) is 19.9 Å². The number of benzene rings is 1. The van der Waals surface area contributed by atoms with Gasteiger partial charge in [0.1, 0.15) is 5.52 Å². The topological polar surface area (TPSA) is 37.4 Å². The largest absolute Gasteiger partial charge is 0.573 e. The SMILES string of the molecule is Cc1cc(N2CCNCC2)c2cccc(OC(F)(F)F)c2n1.Cl. The summed E-state index contributed by atoms with van der Waals surface area (Å²) in [5.74, 6) is -0.259. The molecule has 2 heterocycles. The molecule has 1 fully saturated rings. The second-order valence-electron chi connectivity index (χ2n) is 5.22. The summed E-state index contributed by atoms with van der Waals surface area (Å²) in [5, 5.41) is 3.93. The van der Waals surface area contributed by atoms with E-state index in [4.69, 9.17) is 0 Å². The fourth-order valence-corrected chi connectivity index (χ4v) is 2.70. The van der Waals surface area contributed by atoms with E-state index in [0.717, 1.165) is 31.9 Å². The Balaban J connectivity index is 0.00000192. The maximum atomic E-state index is 12.6. The number of hydrogen-bond donors (Lipinski definition) is 1. The molecule has 0 bridgehead atoms. The van der Waals surface area contributed by atoms with Gasteiger partial charge in [-0.3, -0.25) is 0 Å². The number of halogens is 4. The van der Waals surface area contributed by atoms with Crippen LogP contribution in [0.15, 0.2) is 24.3 Å². The molecule has 0 saturated carbocycles. The molecule has 2 aromatic rings. The minimum Gasteiger partial charge on any atom is -0.403 e. The van der Waals surface area contributed by atoms with E-state index in [1.165, 1.54) is 6.07 Å². The van der Waals surface area contributed by atoms with Crippen molar-refractivity contribution in [1.82, 2.24) is 10.3 Å². The maximum absolute atomic E-state index is 12.6. The highest BCUT2D eigenvalue weighted by Crippen LogP contribution is 2.34. The number of nitrogens with one attached hydrogen (secondary N) is 1. The van der Waals surface area contributed by atoms with Gasteiger partial charge in [0.2, 0.25) is 0 Å². The monoisotopic (exact) mass is 347 g/mol. The van der Waals surface area contributed by atoms with Crippen molar-refractivity contribution >= 4 is 29.0 Å². The van der Waals surface area contributed by atoms with Crippen LogP contribution in [0.1, 0.15) is 5.69 Å². The van der Waals surface area contributed by atoms with Gasteiger partial charge in [-0.25, -0.2) is 4.98 Å². The number of ether oxygens (including phenoxy) is 1. The van der Waals surface area contributed by atoms with Gasteiger partial charge in [-0.15, -0.1) is 25.6 Å².